The third kappa shape index (κ3) is 3.15. The molecule has 0 fully saturated rings. The molecule has 0 atom stereocenters. The molecule has 0 unspecified atom stereocenters. The molecule has 0 amide bonds. The molecule has 106 valence electrons. The van der Waals surface area contributed by atoms with Gasteiger partial charge in [0.05, 0.1) is 5.69 Å². The standard InChI is InChI=1S/C15H17BrFN3/c1-4-7-18-15-13(17)10(3)19-14(20-15)11-6-5-9(2)12(16)8-11/h5-6,8H,4,7H2,1-3H3,(H,18,19,20). The fraction of sp³-hybridized carbons (Fsp3) is 0.333. The molecule has 3 nitrogen and oxygen atoms in total. The first-order chi connectivity index (χ1) is 9.52. The normalized spacial score (nSPS) is 10.7. The van der Waals surface area contributed by atoms with Crippen LogP contribution in [0.4, 0.5) is 10.2 Å². The zero-order valence-corrected chi connectivity index (χ0v) is 13.4. The topological polar surface area (TPSA) is 37.8 Å². The lowest BCUT2D eigenvalue weighted by Gasteiger charge is -2.10. The van der Waals surface area contributed by atoms with Gasteiger partial charge in [-0.05, 0) is 31.9 Å². The Morgan fingerprint density at radius 1 is 1.25 bits per heavy atom. The second-order valence-electron chi connectivity index (χ2n) is 4.69. The third-order valence-electron chi connectivity index (χ3n) is 2.99. The summed E-state index contributed by atoms with van der Waals surface area (Å²) in [7, 11) is 0. The predicted molar refractivity (Wildman–Crippen MR) is 83.4 cm³/mol. The van der Waals surface area contributed by atoms with Crippen LogP contribution in [-0.4, -0.2) is 16.5 Å². The molecule has 5 heteroatoms. The number of nitrogens with zero attached hydrogens (tertiary/aromatic N) is 2. The first kappa shape index (κ1) is 14.9. The van der Waals surface area contributed by atoms with Gasteiger partial charge in [0.2, 0.25) is 0 Å². The van der Waals surface area contributed by atoms with Crippen LogP contribution >= 0.6 is 15.9 Å². The van der Waals surface area contributed by atoms with Gasteiger partial charge in [0.1, 0.15) is 0 Å². The van der Waals surface area contributed by atoms with Gasteiger partial charge >= 0.3 is 0 Å². The molecule has 0 aliphatic rings. The minimum atomic E-state index is -0.381. The van der Waals surface area contributed by atoms with Gasteiger partial charge in [0.25, 0.3) is 0 Å². The molecular formula is C15H17BrFN3. The number of rotatable bonds is 4. The number of hydrogen-bond acceptors (Lipinski definition) is 3. The fourth-order valence-electron chi connectivity index (χ4n) is 1.78. The lowest BCUT2D eigenvalue weighted by atomic mass is 10.1. The van der Waals surface area contributed by atoms with E-state index in [0.29, 0.717) is 18.1 Å². The van der Waals surface area contributed by atoms with Crippen molar-refractivity contribution >= 4 is 21.7 Å². The van der Waals surface area contributed by atoms with E-state index in [1.807, 2.05) is 32.0 Å². The van der Waals surface area contributed by atoms with Crippen molar-refractivity contribution in [1.29, 1.82) is 0 Å². The van der Waals surface area contributed by atoms with Crippen molar-refractivity contribution in [2.75, 3.05) is 11.9 Å². The van der Waals surface area contributed by atoms with E-state index in [2.05, 4.69) is 31.2 Å². The first-order valence-electron chi connectivity index (χ1n) is 6.57. The Morgan fingerprint density at radius 3 is 2.65 bits per heavy atom. The summed E-state index contributed by atoms with van der Waals surface area (Å²) < 4.78 is 15.0. The molecule has 20 heavy (non-hydrogen) atoms. The van der Waals surface area contributed by atoms with Gasteiger partial charge in [-0.2, -0.15) is 0 Å². The van der Waals surface area contributed by atoms with Crippen LogP contribution in [0.3, 0.4) is 0 Å². The Hall–Kier alpha value is -1.49. The SMILES string of the molecule is CCCNc1nc(-c2ccc(C)c(Br)c2)nc(C)c1F. The van der Waals surface area contributed by atoms with Gasteiger partial charge in [-0.1, -0.05) is 35.0 Å². The van der Waals surface area contributed by atoms with E-state index in [1.54, 1.807) is 6.92 Å². The van der Waals surface area contributed by atoms with Gasteiger partial charge in [-0.3, -0.25) is 0 Å². The molecule has 1 heterocycles. The molecule has 1 N–H and O–H groups in total. The Kier molecular flexibility index (Phi) is 4.70. The molecule has 0 radical (unpaired) electrons. The van der Waals surface area contributed by atoms with Gasteiger partial charge in [0.15, 0.2) is 17.5 Å². The molecule has 0 aliphatic carbocycles. The van der Waals surface area contributed by atoms with E-state index >= 15 is 0 Å². The van der Waals surface area contributed by atoms with Crippen molar-refractivity contribution < 1.29 is 4.39 Å². The zero-order chi connectivity index (χ0) is 14.7. The second kappa shape index (κ2) is 6.31. The molecule has 0 saturated carbocycles. The van der Waals surface area contributed by atoms with Crippen LogP contribution in [0.25, 0.3) is 11.4 Å². The van der Waals surface area contributed by atoms with Crippen molar-refractivity contribution in [3.05, 3.63) is 39.7 Å². The molecule has 2 rings (SSSR count). The lowest BCUT2D eigenvalue weighted by molar-refractivity contribution is 0.605. The van der Waals surface area contributed by atoms with E-state index in [9.17, 15) is 4.39 Å². The average molecular weight is 338 g/mol. The van der Waals surface area contributed by atoms with E-state index in [0.717, 1.165) is 22.0 Å². The van der Waals surface area contributed by atoms with Crippen molar-refractivity contribution in [2.24, 2.45) is 0 Å². The van der Waals surface area contributed by atoms with Gasteiger partial charge < -0.3 is 5.32 Å². The maximum atomic E-state index is 14.0. The highest BCUT2D eigenvalue weighted by Gasteiger charge is 2.12. The summed E-state index contributed by atoms with van der Waals surface area (Å²) in [5.74, 6) is 0.419. The molecule has 1 aromatic carbocycles. The summed E-state index contributed by atoms with van der Waals surface area (Å²) in [6, 6.07) is 5.88. The number of anilines is 1. The summed E-state index contributed by atoms with van der Waals surface area (Å²) in [6.45, 7) is 6.38. The van der Waals surface area contributed by atoms with Crippen molar-refractivity contribution in [3.8, 4) is 11.4 Å². The van der Waals surface area contributed by atoms with Gasteiger partial charge in [-0.25, -0.2) is 14.4 Å². The number of nitrogens with one attached hydrogen (secondary N) is 1. The van der Waals surface area contributed by atoms with Crippen molar-refractivity contribution in [2.45, 2.75) is 27.2 Å². The Morgan fingerprint density at radius 2 is 2.00 bits per heavy atom. The number of halogens is 2. The fourth-order valence-corrected chi connectivity index (χ4v) is 2.16. The highest BCUT2D eigenvalue weighted by molar-refractivity contribution is 9.10. The Bertz CT molecular complexity index is 629. The average Bonchev–Trinajstić information content (AvgIpc) is 2.43. The minimum absolute atomic E-state index is 0.269. The number of aromatic nitrogens is 2. The van der Waals surface area contributed by atoms with E-state index < -0.39 is 0 Å². The summed E-state index contributed by atoms with van der Waals surface area (Å²) in [4.78, 5) is 8.53. The summed E-state index contributed by atoms with van der Waals surface area (Å²) in [5, 5.41) is 3.00. The minimum Gasteiger partial charge on any atom is -0.368 e. The monoisotopic (exact) mass is 337 g/mol. The molecule has 0 spiro atoms. The smallest absolute Gasteiger partial charge is 0.186 e. The van der Waals surface area contributed by atoms with Crippen molar-refractivity contribution in [1.82, 2.24) is 9.97 Å². The predicted octanol–water partition coefficient (Wildman–Crippen LogP) is 4.48. The van der Waals surface area contributed by atoms with E-state index in [-0.39, 0.29) is 11.6 Å². The van der Waals surface area contributed by atoms with Crippen LogP contribution in [0.15, 0.2) is 22.7 Å². The number of hydrogen-bond donors (Lipinski definition) is 1. The van der Waals surface area contributed by atoms with Crippen molar-refractivity contribution in [3.63, 3.8) is 0 Å². The lowest BCUT2D eigenvalue weighted by Crippen LogP contribution is -2.08. The number of benzene rings is 1. The highest BCUT2D eigenvalue weighted by Crippen LogP contribution is 2.25. The van der Waals surface area contributed by atoms with Crippen LogP contribution in [0.5, 0.6) is 0 Å². The highest BCUT2D eigenvalue weighted by atomic mass is 79.9. The van der Waals surface area contributed by atoms with Crippen LogP contribution in [0.1, 0.15) is 24.6 Å². The van der Waals surface area contributed by atoms with Crippen LogP contribution in [-0.2, 0) is 0 Å². The molecule has 2 aromatic rings. The second-order valence-corrected chi connectivity index (χ2v) is 5.54. The summed E-state index contributed by atoms with van der Waals surface area (Å²) in [5.41, 5.74) is 2.35. The quantitative estimate of drug-likeness (QED) is 0.893. The van der Waals surface area contributed by atoms with Gasteiger partial charge in [-0.15, -0.1) is 0 Å². The maximum absolute atomic E-state index is 14.0. The van der Waals surface area contributed by atoms with Gasteiger partial charge in [0, 0.05) is 16.6 Å². The Labute approximate surface area is 126 Å². The molecule has 0 saturated heterocycles. The Balaban J connectivity index is 2.45. The molecular weight excluding hydrogens is 321 g/mol. The number of aryl methyl sites for hydroxylation is 2. The largest absolute Gasteiger partial charge is 0.368 e. The first-order valence-corrected chi connectivity index (χ1v) is 7.36. The molecule has 1 aromatic heterocycles. The zero-order valence-electron chi connectivity index (χ0n) is 11.8. The third-order valence-corrected chi connectivity index (χ3v) is 3.84. The van der Waals surface area contributed by atoms with Crippen LogP contribution in [0, 0.1) is 19.7 Å². The van der Waals surface area contributed by atoms with E-state index in [4.69, 9.17) is 0 Å². The van der Waals surface area contributed by atoms with Crippen LogP contribution in [0.2, 0.25) is 0 Å². The molecule has 0 aliphatic heterocycles. The maximum Gasteiger partial charge on any atom is 0.186 e. The summed E-state index contributed by atoms with van der Waals surface area (Å²) >= 11 is 3.49. The summed E-state index contributed by atoms with van der Waals surface area (Å²) in [6.07, 6.45) is 0.911. The molecule has 0 bridgehead atoms. The van der Waals surface area contributed by atoms with E-state index in [1.165, 1.54) is 0 Å². The van der Waals surface area contributed by atoms with Crippen LogP contribution < -0.4 is 5.32 Å².